The third kappa shape index (κ3) is 4.48. The Labute approximate surface area is 185 Å². The molecule has 1 aromatic rings. The fraction of sp³-hybridized carbons (Fsp3) is 0.640. The number of hydrogen-bond acceptors (Lipinski definition) is 3. The first-order valence-electron chi connectivity index (χ1n) is 11.9. The number of carbonyl (C=O) groups is 3. The van der Waals surface area contributed by atoms with E-state index in [-0.39, 0.29) is 24.4 Å². The number of amides is 4. The third-order valence-electron chi connectivity index (χ3n) is 7.38. The van der Waals surface area contributed by atoms with Crippen LogP contribution in [0.5, 0.6) is 0 Å². The van der Waals surface area contributed by atoms with Crippen molar-refractivity contribution in [1.29, 1.82) is 0 Å². The van der Waals surface area contributed by atoms with Gasteiger partial charge in [-0.15, -0.1) is 0 Å². The number of benzene rings is 1. The van der Waals surface area contributed by atoms with Crippen molar-refractivity contribution in [2.45, 2.75) is 89.8 Å². The van der Waals surface area contributed by atoms with Crippen molar-refractivity contribution in [3.63, 3.8) is 0 Å². The van der Waals surface area contributed by atoms with Crippen molar-refractivity contribution in [2.24, 2.45) is 5.92 Å². The van der Waals surface area contributed by atoms with E-state index in [1.165, 1.54) is 5.56 Å². The Morgan fingerprint density at radius 1 is 1.13 bits per heavy atom. The first kappa shape index (κ1) is 21.8. The van der Waals surface area contributed by atoms with Crippen molar-refractivity contribution in [3.05, 3.63) is 35.4 Å². The fourth-order valence-corrected chi connectivity index (χ4v) is 4.98. The molecule has 168 valence electrons. The number of hydrogen-bond donors (Lipinski definition) is 1. The van der Waals surface area contributed by atoms with Crippen molar-refractivity contribution < 1.29 is 14.4 Å². The van der Waals surface area contributed by atoms with Crippen LogP contribution in [0, 0.1) is 5.92 Å². The van der Waals surface area contributed by atoms with Crippen molar-refractivity contribution in [3.8, 4) is 0 Å². The summed E-state index contributed by atoms with van der Waals surface area (Å²) in [4.78, 5) is 42.0. The Hall–Kier alpha value is -2.37. The number of nitrogens with zero attached hydrogens (tertiary/aromatic N) is 2. The molecule has 0 radical (unpaired) electrons. The molecule has 0 unspecified atom stereocenters. The summed E-state index contributed by atoms with van der Waals surface area (Å²) in [6.07, 6.45) is 6.33. The van der Waals surface area contributed by atoms with Crippen LogP contribution in [0.1, 0.15) is 82.8 Å². The molecule has 3 aliphatic rings. The van der Waals surface area contributed by atoms with E-state index in [2.05, 4.69) is 50.4 Å². The lowest BCUT2D eigenvalue weighted by Crippen LogP contribution is -2.50. The van der Waals surface area contributed by atoms with Crippen LogP contribution in [0.25, 0.3) is 0 Å². The Bertz CT molecular complexity index is 836. The molecule has 0 atom stereocenters. The van der Waals surface area contributed by atoms with Gasteiger partial charge in [0.05, 0.1) is 0 Å². The first-order valence-corrected chi connectivity index (χ1v) is 11.9. The van der Waals surface area contributed by atoms with Crippen LogP contribution >= 0.6 is 0 Å². The maximum atomic E-state index is 13.2. The van der Waals surface area contributed by atoms with Crippen LogP contribution in [0.3, 0.4) is 0 Å². The fourth-order valence-electron chi connectivity index (χ4n) is 4.98. The smallest absolute Gasteiger partial charge is 0.325 e. The second kappa shape index (κ2) is 8.64. The lowest BCUT2D eigenvalue weighted by Gasteiger charge is -2.34. The van der Waals surface area contributed by atoms with Gasteiger partial charge in [0.1, 0.15) is 12.1 Å². The Morgan fingerprint density at radius 3 is 2.32 bits per heavy atom. The van der Waals surface area contributed by atoms with E-state index in [9.17, 15) is 14.4 Å². The number of imide groups is 1. The van der Waals surface area contributed by atoms with E-state index in [0.29, 0.717) is 31.2 Å². The molecule has 1 spiro atoms. The van der Waals surface area contributed by atoms with E-state index in [1.807, 2.05) is 4.90 Å². The van der Waals surface area contributed by atoms with Crippen LogP contribution in [0.2, 0.25) is 0 Å². The maximum Gasteiger partial charge on any atom is 0.325 e. The number of urea groups is 1. The van der Waals surface area contributed by atoms with Gasteiger partial charge in [-0.25, -0.2) is 4.79 Å². The zero-order valence-corrected chi connectivity index (χ0v) is 19.0. The standard InChI is InChI=1S/C25H35N3O3/c1-4-18-11-13-25(14-12-18)23(30)28(24(31)26-25)16-22(29)27(21-9-10-21)15-19-5-7-20(8-6-19)17(2)3/h5-8,17-18,21H,4,9-16H2,1-3H3,(H,26,31). The van der Waals surface area contributed by atoms with Gasteiger partial charge in [-0.2, -0.15) is 0 Å². The number of nitrogens with one attached hydrogen (secondary N) is 1. The summed E-state index contributed by atoms with van der Waals surface area (Å²) in [7, 11) is 0. The predicted octanol–water partition coefficient (Wildman–Crippen LogP) is 4.19. The van der Waals surface area contributed by atoms with Crippen LogP contribution < -0.4 is 5.32 Å². The van der Waals surface area contributed by atoms with E-state index >= 15 is 0 Å². The Morgan fingerprint density at radius 2 is 1.77 bits per heavy atom. The van der Waals surface area contributed by atoms with Gasteiger partial charge in [0.25, 0.3) is 5.91 Å². The molecule has 4 amide bonds. The summed E-state index contributed by atoms with van der Waals surface area (Å²) in [6, 6.07) is 8.18. The third-order valence-corrected chi connectivity index (χ3v) is 7.38. The van der Waals surface area contributed by atoms with E-state index < -0.39 is 11.6 Å². The average Bonchev–Trinajstić information content (AvgIpc) is 3.58. The Balaban J connectivity index is 1.42. The minimum Gasteiger partial charge on any atom is -0.334 e. The van der Waals surface area contributed by atoms with Gasteiger partial charge in [0, 0.05) is 12.6 Å². The molecular weight excluding hydrogens is 390 g/mol. The second-order valence-electron chi connectivity index (χ2n) is 9.90. The van der Waals surface area contributed by atoms with Gasteiger partial charge >= 0.3 is 6.03 Å². The van der Waals surface area contributed by atoms with Crippen molar-refractivity contribution in [1.82, 2.24) is 15.1 Å². The molecule has 0 aromatic heterocycles. The lowest BCUT2D eigenvalue weighted by atomic mass is 9.75. The zero-order valence-electron chi connectivity index (χ0n) is 19.0. The molecule has 1 aliphatic heterocycles. The monoisotopic (exact) mass is 425 g/mol. The highest BCUT2D eigenvalue weighted by Crippen LogP contribution is 2.38. The molecular formula is C25H35N3O3. The Kier molecular flexibility index (Phi) is 6.09. The van der Waals surface area contributed by atoms with Crippen LogP contribution in [-0.2, 0) is 16.1 Å². The molecule has 6 nitrogen and oxygen atoms in total. The molecule has 1 saturated heterocycles. The van der Waals surface area contributed by atoms with Gasteiger partial charge in [0.2, 0.25) is 5.91 Å². The van der Waals surface area contributed by atoms with Gasteiger partial charge in [-0.05, 0) is 61.5 Å². The highest BCUT2D eigenvalue weighted by atomic mass is 16.2. The molecule has 3 fully saturated rings. The van der Waals surface area contributed by atoms with Crippen LogP contribution in [0.15, 0.2) is 24.3 Å². The van der Waals surface area contributed by atoms with E-state index in [4.69, 9.17) is 0 Å². The molecule has 4 rings (SSSR count). The SMILES string of the molecule is CCC1CCC2(CC1)NC(=O)N(CC(=O)N(Cc1ccc(C(C)C)cc1)C1CC1)C2=O. The summed E-state index contributed by atoms with van der Waals surface area (Å²) in [6.45, 7) is 6.85. The molecule has 1 aromatic carbocycles. The minimum absolute atomic E-state index is 0.141. The van der Waals surface area contributed by atoms with Crippen LogP contribution in [-0.4, -0.2) is 45.8 Å². The highest BCUT2D eigenvalue weighted by Gasteiger charge is 2.53. The summed E-state index contributed by atoms with van der Waals surface area (Å²) < 4.78 is 0. The molecule has 2 saturated carbocycles. The number of rotatable bonds is 7. The molecule has 2 aliphatic carbocycles. The highest BCUT2D eigenvalue weighted by molar-refractivity contribution is 6.09. The quantitative estimate of drug-likeness (QED) is 0.666. The lowest BCUT2D eigenvalue weighted by molar-refractivity contribution is -0.140. The van der Waals surface area contributed by atoms with Crippen molar-refractivity contribution >= 4 is 17.8 Å². The topological polar surface area (TPSA) is 69.7 Å². The van der Waals surface area contributed by atoms with Gasteiger partial charge in [0.15, 0.2) is 0 Å². The molecule has 0 bridgehead atoms. The predicted molar refractivity (Wildman–Crippen MR) is 119 cm³/mol. The van der Waals surface area contributed by atoms with Crippen molar-refractivity contribution in [2.75, 3.05) is 6.54 Å². The summed E-state index contributed by atoms with van der Waals surface area (Å²) in [5.41, 5.74) is 1.56. The van der Waals surface area contributed by atoms with E-state index in [1.54, 1.807) is 0 Å². The molecule has 1 N–H and O–H groups in total. The van der Waals surface area contributed by atoms with Gasteiger partial charge in [-0.3, -0.25) is 14.5 Å². The molecule has 6 heteroatoms. The minimum atomic E-state index is -0.792. The number of carbonyl (C=O) groups excluding carboxylic acids is 3. The summed E-state index contributed by atoms with van der Waals surface area (Å²) >= 11 is 0. The zero-order chi connectivity index (χ0) is 22.2. The molecule has 1 heterocycles. The molecule has 31 heavy (non-hydrogen) atoms. The van der Waals surface area contributed by atoms with Crippen LogP contribution in [0.4, 0.5) is 4.79 Å². The van der Waals surface area contributed by atoms with Gasteiger partial charge < -0.3 is 10.2 Å². The summed E-state index contributed by atoms with van der Waals surface area (Å²) in [5, 5.41) is 2.94. The largest absolute Gasteiger partial charge is 0.334 e. The normalized spacial score (nSPS) is 25.9. The second-order valence-corrected chi connectivity index (χ2v) is 9.90. The van der Waals surface area contributed by atoms with E-state index in [0.717, 1.165) is 42.6 Å². The summed E-state index contributed by atoms with van der Waals surface area (Å²) in [5.74, 6) is 0.740. The average molecular weight is 426 g/mol. The first-order chi connectivity index (χ1) is 14.8. The van der Waals surface area contributed by atoms with Gasteiger partial charge in [-0.1, -0.05) is 51.5 Å². The maximum absolute atomic E-state index is 13.2.